The van der Waals surface area contributed by atoms with E-state index >= 15 is 0 Å². The van der Waals surface area contributed by atoms with Crippen LogP contribution in [0.25, 0.3) is 0 Å². The largest absolute Gasteiger partial charge is 0.357 e. The number of hydrogen-bond donors (Lipinski definition) is 0. The summed E-state index contributed by atoms with van der Waals surface area (Å²) in [7, 11) is 0. The summed E-state index contributed by atoms with van der Waals surface area (Å²) in [5, 5.41) is 0. The minimum Gasteiger partial charge on any atom is -0.357 e. The van der Waals surface area contributed by atoms with Crippen molar-refractivity contribution in [3.8, 4) is 0 Å². The number of piperazine rings is 1. The van der Waals surface area contributed by atoms with E-state index in [1.165, 1.54) is 0 Å². The van der Waals surface area contributed by atoms with Crippen LogP contribution < -0.4 is 4.90 Å². The number of rotatable bonds is 4. The van der Waals surface area contributed by atoms with E-state index in [9.17, 15) is 4.79 Å². The summed E-state index contributed by atoms with van der Waals surface area (Å²) in [4.78, 5) is 23.8. The molecule has 2 fully saturated rings. The first kappa shape index (κ1) is 17.7. The van der Waals surface area contributed by atoms with Crippen LogP contribution in [0.5, 0.6) is 0 Å². The van der Waals surface area contributed by atoms with Gasteiger partial charge in [-0.25, -0.2) is 4.98 Å². The lowest BCUT2D eigenvalue weighted by atomic mass is 9.93. The molecule has 2 saturated heterocycles. The maximum absolute atomic E-state index is 12.5. The van der Waals surface area contributed by atoms with Gasteiger partial charge in [-0.1, -0.05) is 6.92 Å². The molecule has 0 saturated carbocycles. The van der Waals surface area contributed by atoms with Crippen LogP contribution in [0.4, 0.5) is 5.82 Å². The van der Waals surface area contributed by atoms with E-state index in [1.54, 1.807) is 0 Å². The summed E-state index contributed by atoms with van der Waals surface area (Å²) >= 11 is 3.43. The third kappa shape index (κ3) is 4.48. The highest BCUT2D eigenvalue weighted by Crippen LogP contribution is 2.25. The van der Waals surface area contributed by atoms with Gasteiger partial charge in [-0.05, 0) is 53.4 Å². The third-order valence-corrected chi connectivity index (χ3v) is 5.75. The van der Waals surface area contributed by atoms with E-state index < -0.39 is 0 Å². The fourth-order valence-electron chi connectivity index (χ4n) is 3.61. The molecular formula is C18H27BrN4O. The highest BCUT2D eigenvalue weighted by molar-refractivity contribution is 9.10. The molecule has 0 spiro atoms. The van der Waals surface area contributed by atoms with E-state index in [2.05, 4.69) is 48.6 Å². The Morgan fingerprint density at radius 3 is 2.46 bits per heavy atom. The number of aromatic nitrogens is 1. The van der Waals surface area contributed by atoms with Crippen molar-refractivity contribution in [2.24, 2.45) is 5.92 Å². The number of amides is 1. The summed E-state index contributed by atoms with van der Waals surface area (Å²) in [6.45, 7) is 9.11. The predicted molar refractivity (Wildman–Crippen MR) is 100 cm³/mol. The molecule has 24 heavy (non-hydrogen) atoms. The molecule has 132 valence electrons. The summed E-state index contributed by atoms with van der Waals surface area (Å²) in [5.74, 6) is 1.91. The number of likely N-dealkylation sites (N-methyl/N-ethyl adjacent to an activating group) is 1. The number of halogens is 1. The Hall–Kier alpha value is -1.14. The Kier molecular flexibility index (Phi) is 6.11. The molecule has 0 aliphatic carbocycles. The molecule has 1 aromatic rings. The third-order valence-electron chi connectivity index (χ3n) is 5.29. The van der Waals surface area contributed by atoms with Crippen molar-refractivity contribution in [3.63, 3.8) is 0 Å². The Morgan fingerprint density at radius 1 is 1.17 bits per heavy atom. The SMILES string of the molecule is CCN1CCN(C(=O)CC2CCN(c3ccc(Br)cn3)CC2)CC1. The molecule has 1 amide bonds. The molecule has 0 unspecified atom stereocenters. The van der Waals surface area contributed by atoms with Gasteiger partial charge >= 0.3 is 0 Å². The molecule has 1 aromatic heterocycles. The van der Waals surface area contributed by atoms with Gasteiger partial charge in [-0.3, -0.25) is 4.79 Å². The smallest absolute Gasteiger partial charge is 0.222 e. The summed E-state index contributed by atoms with van der Waals surface area (Å²) in [6, 6.07) is 4.09. The number of nitrogens with zero attached hydrogens (tertiary/aromatic N) is 4. The highest BCUT2D eigenvalue weighted by Gasteiger charge is 2.26. The van der Waals surface area contributed by atoms with Crippen molar-refractivity contribution in [2.75, 3.05) is 50.7 Å². The first-order chi connectivity index (χ1) is 11.7. The van der Waals surface area contributed by atoms with E-state index in [4.69, 9.17) is 0 Å². The van der Waals surface area contributed by atoms with Crippen LogP contribution in [-0.2, 0) is 4.79 Å². The van der Waals surface area contributed by atoms with Crippen LogP contribution in [0, 0.1) is 5.92 Å². The second kappa shape index (κ2) is 8.30. The lowest BCUT2D eigenvalue weighted by molar-refractivity contribution is -0.134. The van der Waals surface area contributed by atoms with Crippen LogP contribution in [-0.4, -0.2) is 66.5 Å². The molecule has 0 aromatic carbocycles. The van der Waals surface area contributed by atoms with Crippen molar-refractivity contribution >= 4 is 27.7 Å². The van der Waals surface area contributed by atoms with Crippen LogP contribution in [0.15, 0.2) is 22.8 Å². The number of carbonyl (C=O) groups excluding carboxylic acids is 1. The fraction of sp³-hybridized carbons (Fsp3) is 0.667. The van der Waals surface area contributed by atoms with E-state index in [0.717, 1.165) is 68.9 Å². The molecule has 3 rings (SSSR count). The second-order valence-electron chi connectivity index (χ2n) is 6.78. The lowest BCUT2D eigenvalue weighted by Gasteiger charge is -2.36. The molecule has 0 radical (unpaired) electrons. The molecular weight excluding hydrogens is 368 g/mol. The Morgan fingerprint density at radius 2 is 1.88 bits per heavy atom. The molecule has 2 aliphatic rings. The quantitative estimate of drug-likeness (QED) is 0.786. The zero-order chi connectivity index (χ0) is 16.9. The van der Waals surface area contributed by atoms with Crippen molar-refractivity contribution in [2.45, 2.75) is 26.2 Å². The predicted octanol–water partition coefficient (Wildman–Crippen LogP) is 2.61. The van der Waals surface area contributed by atoms with Crippen LogP contribution in [0.3, 0.4) is 0 Å². The minimum atomic E-state index is 0.353. The van der Waals surface area contributed by atoms with Gasteiger partial charge in [0.2, 0.25) is 5.91 Å². The van der Waals surface area contributed by atoms with Gasteiger partial charge in [0, 0.05) is 56.4 Å². The standard InChI is InChI=1S/C18H27BrN4O/c1-2-21-9-11-23(12-10-21)18(24)13-15-5-7-22(8-6-15)17-4-3-16(19)14-20-17/h3-4,14-15H,2,5-13H2,1H3. The highest BCUT2D eigenvalue weighted by atomic mass is 79.9. The van der Waals surface area contributed by atoms with Gasteiger partial charge in [0.1, 0.15) is 5.82 Å². The number of hydrogen-bond acceptors (Lipinski definition) is 4. The van der Waals surface area contributed by atoms with Crippen LogP contribution >= 0.6 is 15.9 Å². The number of anilines is 1. The van der Waals surface area contributed by atoms with Crippen LogP contribution in [0.1, 0.15) is 26.2 Å². The Bertz CT molecular complexity index is 534. The van der Waals surface area contributed by atoms with Crippen molar-refractivity contribution in [1.29, 1.82) is 0 Å². The zero-order valence-corrected chi connectivity index (χ0v) is 16.0. The van der Waals surface area contributed by atoms with Crippen molar-refractivity contribution in [1.82, 2.24) is 14.8 Å². The first-order valence-corrected chi connectivity index (χ1v) is 9.81. The van der Waals surface area contributed by atoms with E-state index in [0.29, 0.717) is 18.2 Å². The zero-order valence-electron chi connectivity index (χ0n) is 14.5. The average Bonchev–Trinajstić information content (AvgIpc) is 2.63. The Balaban J connectivity index is 1.43. The number of carbonyl (C=O) groups is 1. The summed E-state index contributed by atoms with van der Waals surface area (Å²) < 4.78 is 1.01. The number of piperidine rings is 1. The maximum Gasteiger partial charge on any atom is 0.222 e. The molecule has 0 N–H and O–H groups in total. The van der Waals surface area contributed by atoms with E-state index in [1.807, 2.05) is 12.3 Å². The van der Waals surface area contributed by atoms with Gasteiger partial charge < -0.3 is 14.7 Å². The van der Waals surface area contributed by atoms with Crippen LogP contribution in [0.2, 0.25) is 0 Å². The first-order valence-electron chi connectivity index (χ1n) is 9.02. The maximum atomic E-state index is 12.5. The van der Waals surface area contributed by atoms with E-state index in [-0.39, 0.29) is 0 Å². The molecule has 0 bridgehead atoms. The topological polar surface area (TPSA) is 39.7 Å². The minimum absolute atomic E-state index is 0.353. The second-order valence-corrected chi connectivity index (χ2v) is 7.70. The van der Waals surface area contributed by atoms with Gasteiger partial charge in [0.15, 0.2) is 0 Å². The summed E-state index contributed by atoms with van der Waals surface area (Å²) in [6.07, 6.45) is 4.73. The monoisotopic (exact) mass is 394 g/mol. The summed E-state index contributed by atoms with van der Waals surface area (Å²) in [5.41, 5.74) is 0. The molecule has 2 aliphatic heterocycles. The molecule has 0 atom stereocenters. The van der Waals surface area contributed by atoms with Gasteiger partial charge in [-0.15, -0.1) is 0 Å². The molecule has 6 heteroatoms. The molecule has 3 heterocycles. The van der Waals surface area contributed by atoms with Crippen molar-refractivity contribution < 1.29 is 4.79 Å². The van der Waals surface area contributed by atoms with Crippen molar-refractivity contribution in [3.05, 3.63) is 22.8 Å². The fourth-order valence-corrected chi connectivity index (χ4v) is 3.85. The molecule has 5 nitrogen and oxygen atoms in total. The normalized spacial score (nSPS) is 20.4. The van der Waals surface area contributed by atoms with Gasteiger partial charge in [0.05, 0.1) is 0 Å². The Labute approximate surface area is 153 Å². The lowest BCUT2D eigenvalue weighted by Crippen LogP contribution is -2.49. The average molecular weight is 395 g/mol. The number of pyridine rings is 1. The van der Waals surface area contributed by atoms with Gasteiger partial charge in [0.25, 0.3) is 0 Å². The van der Waals surface area contributed by atoms with Gasteiger partial charge in [-0.2, -0.15) is 0 Å².